The Morgan fingerprint density at radius 1 is 0.708 bits per heavy atom. The van der Waals surface area contributed by atoms with Crippen LogP contribution in [-0.2, 0) is 14.6 Å². The van der Waals surface area contributed by atoms with E-state index < -0.39 is 15.4 Å². The Morgan fingerprint density at radius 2 is 1.23 bits per heavy atom. The van der Waals surface area contributed by atoms with Crippen molar-refractivity contribution in [2.24, 2.45) is 0 Å². The third-order valence-electron chi connectivity index (χ3n) is 12.0. The minimum absolute atomic E-state index is 0.0675. The van der Waals surface area contributed by atoms with E-state index in [2.05, 4.69) is 127 Å². The van der Waals surface area contributed by atoms with Gasteiger partial charge in [-0.1, -0.05) is 43.3 Å². The first-order chi connectivity index (χ1) is 31.0. The number of hydrogen-bond donors (Lipinski definition) is 1. The number of anilines is 2. The molecule has 6 heterocycles. The molecule has 2 aliphatic rings. The van der Waals surface area contributed by atoms with Crippen LogP contribution >= 0.6 is 15.9 Å². The number of halogens is 1. The fourth-order valence-corrected chi connectivity index (χ4v) is 10.1. The molecule has 14 nitrogen and oxygen atoms in total. The molecule has 7 aromatic rings. The van der Waals surface area contributed by atoms with Crippen LogP contribution in [0.25, 0.3) is 44.7 Å². The molecule has 2 fully saturated rings. The molecule has 340 valence electrons. The Labute approximate surface area is 389 Å². The van der Waals surface area contributed by atoms with Crippen LogP contribution in [0.4, 0.5) is 16.2 Å². The molecule has 0 unspecified atom stereocenters. The molecule has 4 aromatic heterocycles. The van der Waals surface area contributed by atoms with Crippen LogP contribution in [0, 0.1) is 0 Å². The van der Waals surface area contributed by atoms with Gasteiger partial charge in [-0.25, -0.2) is 32.2 Å². The molecule has 2 saturated heterocycles. The molecule has 0 radical (unpaired) electrons. The maximum Gasteiger partial charge on any atom is 0.410 e. The standard InChI is InChI=1S/C26H29N5O2S.C23H28BrN5O2/c1-4-34(32,33)24-7-5-6-21(12-24)25-16-29-30-17-22(15-28-26(25)30)20-8-10-23(11-9-20)31-18(2)13-27-14-19(31)3;1-15-12-27(22(30)31-23(3,4)5)13-16(2)29(15)19-8-6-17(7-9-19)18-10-25-21-20(24)11-26-28(21)14-18/h5-12,15-19,27H,4,13-14H2,1-3H3;6-11,14-16H,12-13H2,1-5H3/t18-,19+;15-,16+. The van der Waals surface area contributed by atoms with Gasteiger partial charge in [0.2, 0.25) is 0 Å². The van der Waals surface area contributed by atoms with Crippen molar-refractivity contribution >= 4 is 54.5 Å². The third kappa shape index (κ3) is 9.89. The highest BCUT2D eigenvalue weighted by atomic mass is 79.9. The van der Waals surface area contributed by atoms with E-state index in [0.717, 1.165) is 62.3 Å². The van der Waals surface area contributed by atoms with Crippen molar-refractivity contribution in [3.8, 4) is 33.4 Å². The fourth-order valence-electron chi connectivity index (χ4n) is 8.85. The number of hydrogen-bond acceptors (Lipinski definition) is 11. The van der Waals surface area contributed by atoms with E-state index in [1.165, 1.54) is 5.69 Å². The summed E-state index contributed by atoms with van der Waals surface area (Å²) in [6.45, 7) is 19.4. The molecule has 4 atom stereocenters. The second kappa shape index (κ2) is 18.6. The van der Waals surface area contributed by atoms with Crippen molar-refractivity contribution in [1.82, 2.24) is 39.4 Å². The molecule has 0 aliphatic carbocycles. The van der Waals surface area contributed by atoms with Crippen molar-refractivity contribution < 1.29 is 17.9 Å². The quantitative estimate of drug-likeness (QED) is 0.164. The second-order valence-electron chi connectivity index (χ2n) is 18.1. The van der Waals surface area contributed by atoms with Crippen LogP contribution in [-0.4, -0.2) is 110 Å². The largest absolute Gasteiger partial charge is 0.444 e. The summed E-state index contributed by atoms with van der Waals surface area (Å²) < 4.78 is 34.6. The molecule has 1 N–H and O–H groups in total. The number of carbonyl (C=O) groups is 1. The Bertz CT molecular complexity index is 2890. The molecular weight excluding hydrogens is 905 g/mol. The van der Waals surface area contributed by atoms with Crippen molar-refractivity contribution in [3.05, 3.63) is 114 Å². The van der Waals surface area contributed by atoms with E-state index in [1.54, 1.807) is 46.5 Å². The first-order valence-electron chi connectivity index (χ1n) is 22.1. The van der Waals surface area contributed by atoms with Gasteiger partial charge in [0.15, 0.2) is 21.1 Å². The van der Waals surface area contributed by atoms with Gasteiger partial charge in [0.05, 0.1) is 27.5 Å². The molecule has 9 rings (SSSR count). The highest BCUT2D eigenvalue weighted by Gasteiger charge is 2.34. The Hall–Kier alpha value is -5.84. The lowest BCUT2D eigenvalue weighted by Gasteiger charge is -2.45. The van der Waals surface area contributed by atoms with Crippen molar-refractivity contribution in [2.45, 2.75) is 90.1 Å². The minimum Gasteiger partial charge on any atom is -0.444 e. The topological polar surface area (TPSA) is 143 Å². The van der Waals surface area contributed by atoms with Gasteiger partial charge in [-0.2, -0.15) is 10.2 Å². The highest BCUT2D eigenvalue weighted by Crippen LogP contribution is 2.32. The molecule has 0 saturated carbocycles. The number of amides is 1. The highest BCUT2D eigenvalue weighted by molar-refractivity contribution is 9.10. The van der Waals surface area contributed by atoms with Crippen LogP contribution in [0.3, 0.4) is 0 Å². The summed E-state index contributed by atoms with van der Waals surface area (Å²) in [6, 6.07) is 25.3. The predicted octanol–water partition coefficient (Wildman–Crippen LogP) is 9.04. The van der Waals surface area contributed by atoms with Crippen LogP contribution < -0.4 is 15.1 Å². The van der Waals surface area contributed by atoms with E-state index in [9.17, 15) is 13.2 Å². The third-order valence-corrected chi connectivity index (χ3v) is 14.2. The van der Waals surface area contributed by atoms with Gasteiger partial charge in [-0.3, -0.25) is 0 Å². The number of aromatic nitrogens is 6. The van der Waals surface area contributed by atoms with E-state index in [1.807, 2.05) is 56.5 Å². The zero-order valence-electron chi connectivity index (χ0n) is 38.2. The maximum atomic E-state index is 12.5. The van der Waals surface area contributed by atoms with Gasteiger partial charge >= 0.3 is 6.09 Å². The fraction of sp³-hybridized carbons (Fsp3) is 0.367. The number of fused-ring (bicyclic) bond motifs is 2. The first kappa shape index (κ1) is 45.7. The van der Waals surface area contributed by atoms with Gasteiger partial charge < -0.3 is 24.8 Å². The van der Waals surface area contributed by atoms with Gasteiger partial charge in [0.1, 0.15) is 5.60 Å². The molecular formula is C49H57BrN10O4S. The van der Waals surface area contributed by atoms with Gasteiger partial charge in [0.25, 0.3) is 0 Å². The second-order valence-corrected chi connectivity index (χ2v) is 21.2. The Kier molecular flexibility index (Phi) is 13.1. The van der Waals surface area contributed by atoms with Crippen LogP contribution in [0.1, 0.15) is 55.4 Å². The predicted molar refractivity (Wildman–Crippen MR) is 261 cm³/mol. The van der Waals surface area contributed by atoms with E-state index >= 15 is 0 Å². The Morgan fingerprint density at radius 3 is 1.78 bits per heavy atom. The Balaban J connectivity index is 0.000000178. The zero-order chi connectivity index (χ0) is 46.2. The lowest BCUT2D eigenvalue weighted by Crippen LogP contribution is -2.58. The van der Waals surface area contributed by atoms with Gasteiger partial charge in [-0.15, -0.1) is 0 Å². The van der Waals surface area contributed by atoms with E-state index in [0.29, 0.717) is 35.7 Å². The van der Waals surface area contributed by atoms with Crippen LogP contribution in [0.2, 0.25) is 0 Å². The monoisotopic (exact) mass is 960 g/mol. The number of nitrogens with zero attached hydrogens (tertiary/aromatic N) is 9. The van der Waals surface area contributed by atoms with E-state index in [-0.39, 0.29) is 23.9 Å². The number of rotatable bonds is 7. The average molecular weight is 962 g/mol. The number of ether oxygens (including phenoxy) is 1. The van der Waals surface area contributed by atoms with Crippen molar-refractivity contribution in [2.75, 3.05) is 41.7 Å². The first-order valence-corrected chi connectivity index (χ1v) is 24.6. The number of sulfone groups is 1. The number of nitrogens with one attached hydrogen (secondary N) is 1. The van der Waals surface area contributed by atoms with E-state index in [4.69, 9.17) is 4.74 Å². The van der Waals surface area contributed by atoms with Gasteiger partial charge in [0, 0.05) is 103 Å². The molecule has 2 aliphatic heterocycles. The normalized spacial score (nSPS) is 19.3. The molecule has 65 heavy (non-hydrogen) atoms. The SMILES string of the molecule is CCS(=O)(=O)c1cccc(-c2cnn3cc(-c4ccc(N5[C@H](C)CNC[C@@H]5C)cc4)cnc23)c1.C[C@@H]1CN(C(=O)OC(C)(C)C)C[C@H](C)N1c1ccc(-c2cnc3c(Br)cnn3c2)cc1. The average Bonchev–Trinajstić information content (AvgIpc) is 3.89. The molecule has 1 amide bonds. The maximum absolute atomic E-state index is 12.5. The van der Waals surface area contributed by atoms with Crippen molar-refractivity contribution in [3.63, 3.8) is 0 Å². The molecule has 0 spiro atoms. The van der Waals surface area contributed by atoms with Crippen molar-refractivity contribution in [1.29, 1.82) is 0 Å². The summed E-state index contributed by atoms with van der Waals surface area (Å²) in [5, 5.41) is 12.3. The number of carbonyl (C=O) groups excluding carboxylic acids is 1. The summed E-state index contributed by atoms with van der Waals surface area (Å²) in [7, 11) is -3.28. The number of benzene rings is 3. The lowest BCUT2D eigenvalue weighted by molar-refractivity contribution is 0.0193. The van der Waals surface area contributed by atoms with Crippen LogP contribution in [0.15, 0.2) is 119 Å². The zero-order valence-corrected chi connectivity index (χ0v) is 40.6. The minimum atomic E-state index is -3.28. The van der Waals surface area contributed by atoms with Crippen LogP contribution in [0.5, 0.6) is 0 Å². The number of piperazine rings is 2. The summed E-state index contributed by atoms with van der Waals surface area (Å²) in [4.78, 5) is 28.7. The lowest BCUT2D eigenvalue weighted by atomic mass is 10.0. The summed E-state index contributed by atoms with van der Waals surface area (Å²) in [6.07, 6.45) is 10.9. The summed E-state index contributed by atoms with van der Waals surface area (Å²) in [5.74, 6) is 0.0675. The molecule has 0 bridgehead atoms. The summed E-state index contributed by atoms with van der Waals surface area (Å²) >= 11 is 3.46. The smallest absolute Gasteiger partial charge is 0.410 e. The molecule has 16 heteroatoms. The summed E-state index contributed by atoms with van der Waals surface area (Å²) in [5.41, 5.74) is 9.08. The van der Waals surface area contributed by atoms with Gasteiger partial charge in [-0.05, 0) is 117 Å². The molecule has 3 aromatic carbocycles.